The molecular formula is C22H25F3N6O4S. The van der Waals surface area contributed by atoms with Gasteiger partial charge in [0.2, 0.25) is 10.0 Å². The number of sulfonamides is 1. The minimum Gasteiger partial charge on any atom is -0.475 e. The van der Waals surface area contributed by atoms with E-state index < -0.39 is 22.2 Å². The second-order valence-corrected chi connectivity index (χ2v) is 9.38. The lowest BCUT2D eigenvalue weighted by Gasteiger charge is -2.19. The maximum Gasteiger partial charge on any atom is 0.490 e. The first-order chi connectivity index (χ1) is 16.7. The van der Waals surface area contributed by atoms with Gasteiger partial charge in [-0.3, -0.25) is 0 Å². The molecule has 0 saturated heterocycles. The van der Waals surface area contributed by atoms with Gasteiger partial charge in [0.05, 0.1) is 16.3 Å². The minimum absolute atomic E-state index is 0.167. The molecule has 0 aliphatic carbocycles. The van der Waals surface area contributed by atoms with E-state index in [-0.39, 0.29) is 4.90 Å². The number of carbonyl (C=O) groups is 1. The molecule has 0 atom stereocenters. The van der Waals surface area contributed by atoms with Crippen molar-refractivity contribution >= 4 is 44.7 Å². The summed E-state index contributed by atoms with van der Waals surface area (Å²) in [5.74, 6) is -1.59. The van der Waals surface area contributed by atoms with Crippen LogP contribution in [0.4, 0.5) is 41.9 Å². The van der Waals surface area contributed by atoms with Gasteiger partial charge >= 0.3 is 12.1 Å². The first kappa shape index (κ1) is 28.3. The Bertz CT molecular complexity index is 1320. The summed E-state index contributed by atoms with van der Waals surface area (Å²) in [7, 11) is 1.60. The van der Waals surface area contributed by atoms with Gasteiger partial charge in [0.15, 0.2) is 0 Å². The van der Waals surface area contributed by atoms with E-state index in [1.165, 1.54) is 13.4 Å². The van der Waals surface area contributed by atoms with Crippen molar-refractivity contribution in [2.24, 2.45) is 0 Å². The molecule has 36 heavy (non-hydrogen) atoms. The van der Waals surface area contributed by atoms with Crippen molar-refractivity contribution in [2.45, 2.75) is 18.0 Å². The fourth-order valence-corrected chi connectivity index (χ4v) is 3.55. The standard InChI is InChI=1S/C20H24N6O2S.C2HF3O2/c1-14-6-5-7-15(10-14)24-19-12-20(23-13-22-19)25-17-11-16(29(27,28)21-2)8-9-18(17)26(3)4;3-2(4,5)1(6)7/h5-13,21H,1-4H3,(H2,22,23,24,25);(H,6,7). The number of halogens is 3. The monoisotopic (exact) mass is 526 g/mol. The lowest BCUT2D eigenvalue weighted by Crippen LogP contribution is -2.21. The van der Waals surface area contributed by atoms with Crippen LogP contribution in [-0.2, 0) is 14.8 Å². The number of carboxylic acids is 1. The number of hydrogen-bond donors (Lipinski definition) is 4. The van der Waals surface area contributed by atoms with Crippen molar-refractivity contribution < 1.29 is 31.5 Å². The Morgan fingerprint density at radius 1 is 1.00 bits per heavy atom. The highest BCUT2D eigenvalue weighted by atomic mass is 32.2. The van der Waals surface area contributed by atoms with E-state index >= 15 is 0 Å². The van der Waals surface area contributed by atoms with E-state index in [0.29, 0.717) is 17.3 Å². The van der Waals surface area contributed by atoms with Gasteiger partial charge in [-0.2, -0.15) is 13.2 Å². The van der Waals surface area contributed by atoms with Gasteiger partial charge in [-0.25, -0.2) is 27.9 Å². The second-order valence-electron chi connectivity index (χ2n) is 7.49. The molecule has 194 valence electrons. The summed E-state index contributed by atoms with van der Waals surface area (Å²) >= 11 is 0. The zero-order valence-corrected chi connectivity index (χ0v) is 20.6. The van der Waals surface area contributed by atoms with E-state index in [4.69, 9.17) is 9.90 Å². The summed E-state index contributed by atoms with van der Waals surface area (Å²) < 4.78 is 58.4. The predicted molar refractivity (Wildman–Crippen MR) is 130 cm³/mol. The maximum atomic E-state index is 12.2. The molecule has 4 N–H and O–H groups in total. The molecule has 1 aromatic heterocycles. The smallest absolute Gasteiger partial charge is 0.475 e. The highest BCUT2D eigenvalue weighted by Crippen LogP contribution is 2.30. The summed E-state index contributed by atoms with van der Waals surface area (Å²) in [5.41, 5.74) is 3.50. The van der Waals surface area contributed by atoms with E-state index in [1.807, 2.05) is 50.2 Å². The Morgan fingerprint density at radius 3 is 2.14 bits per heavy atom. The van der Waals surface area contributed by atoms with Crippen molar-refractivity contribution in [3.63, 3.8) is 0 Å². The zero-order chi connectivity index (χ0) is 27.1. The van der Waals surface area contributed by atoms with Crippen LogP contribution in [0, 0.1) is 6.92 Å². The number of aliphatic carboxylic acids is 1. The van der Waals surface area contributed by atoms with E-state index in [0.717, 1.165) is 16.9 Å². The predicted octanol–water partition coefficient (Wildman–Crippen LogP) is 3.88. The number of rotatable bonds is 7. The van der Waals surface area contributed by atoms with Crippen molar-refractivity contribution in [1.29, 1.82) is 0 Å². The summed E-state index contributed by atoms with van der Waals surface area (Å²) in [6.45, 7) is 2.02. The molecule has 0 fully saturated rings. The van der Waals surface area contributed by atoms with Crippen LogP contribution >= 0.6 is 0 Å². The number of hydrogen-bond acceptors (Lipinski definition) is 8. The van der Waals surface area contributed by atoms with E-state index in [1.54, 1.807) is 24.3 Å². The first-order valence-electron chi connectivity index (χ1n) is 10.2. The van der Waals surface area contributed by atoms with E-state index in [2.05, 4.69) is 25.3 Å². The Morgan fingerprint density at radius 2 is 1.61 bits per heavy atom. The number of aryl methyl sites for hydroxylation is 1. The lowest BCUT2D eigenvalue weighted by atomic mass is 10.2. The van der Waals surface area contributed by atoms with Crippen molar-refractivity contribution in [3.05, 3.63) is 60.4 Å². The molecule has 0 bridgehead atoms. The summed E-state index contributed by atoms with van der Waals surface area (Å²) in [6, 6.07) is 14.6. The molecule has 1 heterocycles. The van der Waals surface area contributed by atoms with Gasteiger partial charge in [-0.1, -0.05) is 12.1 Å². The van der Waals surface area contributed by atoms with Crippen LogP contribution < -0.4 is 20.3 Å². The normalized spacial score (nSPS) is 11.2. The molecule has 0 aliphatic rings. The molecule has 3 rings (SSSR count). The molecule has 0 saturated carbocycles. The SMILES string of the molecule is CNS(=O)(=O)c1ccc(N(C)C)c(Nc2cc(Nc3cccc(C)c3)ncn2)c1.O=C(O)C(F)(F)F. The van der Waals surface area contributed by atoms with E-state index in [9.17, 15) is 21.6 Å². The van der Waals surface area contributed by atoms with Gasteiger partial charge in [0.25, 0.3) is 0 Å². The van der Waals surface area contributed by atoms with Crippen LogP contribution in [-0.4, -0.2) is 56.8 Å². The number of carboxylic acid groups (broad SMARTS) is 1. The third-order valence-corrected chi connectivity index (χ3v) is 5.90. The highest BCUT2D eigenvalue weighted by molar-refractivity contribution is 7.89. The van der Waals surface area contributed by atoms with Gasteiger partial charge in [0, 0.05) is 25.8 Å². The Labute approximate surface area is 206 Å². The third kappa shape index (κ3) is 8.09. The molecule has 0 amide bonds. The van der Waals surface area contributed by atoms with Gasteiger partial charge < -0.3 is 20.6 Å². The second kappa shape index (κ2) is 11.7. The Balaban J connectivity index is 0.000000572. The average molecular weight is 527 g/mol. The quantitative estimate of drug-likeness (QED) is 0.362. The van der Waals surface area contributed by atoms with Crippen molar-refractivity contribution in [2.75, 3.05) is 36.7 Å². The minimum atomic E-state index is -5.08. The molecule has 0 aliphatic heterocycles. The number of nitrogens with one attached hydrogen (secondary N) is 3. The third-order valence-electron chi connectivity index (χ3n) is 4.49. The van der Waals surface area contributed by atoms with Crippen LogP contribution in [0.15, 0.2) is 59.8 Å². The molecular weight excluding hydrogens is 501 g/mol. The molecule has 0 unspecified atom stereocenters. The molecule has 10 nitrogen and oxygen atoms in total. The zero-order valence-electron chi connectivity index (χ0n) is 19.8. The number of aromatic nitrogens is 2. The molecule has 0 spiro atoms. The fraction of sp³-hybridized carbons (Fsp3) is 0.227. The summed E-state index contributed by atoms with van der Waals surface area (Å²) in [4.78, 5) is 19.5. The Kier molecular flexibility index (Phi) is 9.19. The highest BCUT2D eigenvalue weighted by Gasteiger charge is 2.38. The van der Waals surface area contributed by atoms with Crippen molar-refractivity contribution in [1.82, 2.24) is 14.7 Å². The molecule has 14 heteroatoms. The van der Waals surface area contributed by atoms with Crippen LogP contribution in [0.3, 0.4) is 0 Å². The maximum absolute atomic E-state index is 12.2. The molecule has 0 radical (unpaired) electrons. The lowest BCUT2D eigenvalue weighted by molar-refractivity contribution is -0.192. The number of nitrogens with zero attached hydrogens (tertiary/aromatic N) is 3. The number of anilines is 5. The Hall–Kier alpha value is -3.91. The largest absolute Gasteiger partial charge is 0.490 e. The number of alkyl halides is 3. The average Bonchev–Trinajstić information content (AvgIpc) is 2.79. The first-order valence-corrected chi connectivity index (χ1v) is 11.7. The van der Waals surface area contributed by atoms with Crippen LogP contribution in [0.25, 0.3) is 0 Å². The van der Waals surface area contributed by atoms with Crippen LogP contribution in [0.1, 0.15) is 5.56 Å². The van der Waals surface area contributed by atoms with Crippen molar-refractivity contribution in [3.8, 4) is 0 Å². The summed E-state index contributed by atoms with van der Waals surface area (Å²) in [5, 5.41) is 13.6. The fourth-order valence-electron chi connectivity index (χ4n) is 2.79. The van der Waals surface area contributed by atoms with Crippen LogP contribution in [0.5, 0.6) is 0 Å². The summed E-state index contributed by atoms with van der Waals surface area (Å²) in [6.07, 6.45) is -3.63. The van der Waals surface area contributed by atoms with Gasteiger partial charge in [0.1, 0.15) is 18.0 Å². The van der Waals surface area contributed by atoms with Crippen LogP contribution in [0.2, 0.25) is 0 Å². The number of benzene rings is 2. The molecule has 2 aromatic carbocycles. The topological polar surface area (TPSA) is 137 Å². The van der Waals surface area contributed by atoms with Gasteiger partial charge in [-0.05, 0) is 49.9 Å². The van der Waals surface area contributed by atoms with Gasteiger partial charge in [-0.15, -0.1) is 0 Å². The molecule has 3 aromatic rings.